The molecular weight excluding hydrogens is 229 g/mol. The largest absolute Gasteiger partial charge is 0.271 e. The van der Waals surface area contributed by atoms with Crippen LogP contribution < -0.4 is 11.3 Å². The number of nitrogens with zero attached hydrogens (tertiary/aromatic N) is 1. The van der Waals surface area contributed by atoms with Crippen molar-refractivity contribution in [2.45, 2.75) is 19.4 Å². The van der Waals surface area contributed by atoms with Crippen LogP contribution in [0.5, 0.6) is 0 Å². The maximum atomic E-state index is 13.4. The summed E-state index contributed by atoms with van der Waals surface area (Å²) < 4.78 is 13.4. The van der Waals surface area contributed by atoms with Crippen LogP contribution in [0.4, 0.5) is 4.39 Å². The number of halogens is 1. The van der Waals surface area contributed by atoms with Gasteiger partial charge in [-0.15, -0.1) is 0 Å². The fourth-order valence-corrected chi connectivity index (χ4v) is 1.99. The minimum Gasteiger partial charge on any atom is -0.271 e. The molecule has 0 saturated carbocycles. The lowest BCUT2D eigenvalue weighted by Gasteiger charge is -2.17. The van der Waals surface area contributed by atoms with E-state index >= 15 is 0 Å². The average Bonchev–Trinajstić information content (AvgIpc) is 2.36. The van der Waals surface area contributed by atoms with Crippen LogP contribution in [0.1, 0.15) is 22.7 Å². The van der Waals surface area contributed by atoms with E-state index in [1.54, 1.807) is 12.4 Å². The van der Waals surface area contributed by atoms with E-state index < -0.39 is 0 Å². The zero-order chi connectivity index (χ0) is 13.0. The third-order valence-electron chi connectivity index (χ3n) is 2.83. The highest BCUT2D eigenvalue weighted by Crippen LogP contribution is 2.19. The zero-order valence-corrected chi connectivity index (χ0v) is 10.2. The molecule has 1 heterocycles. The van der Waals surface area contributed by atoms with Crippen molar-refractivity contribution in [1.29, 1.82) is 0 Å². The summed E-state index contributed by atoms with van der Waals surface area (Å²) in [7, 11) is 0. The number of aromatic nitrogens is 1. The smallest absolute Gasteiger partial charge is 0.123 e. The SMILES string of the molecule is Cc1cc(F)cc(C(Cc2cccnc2)NN)c1. The summed E-state index contributed by atoms with van der Waals surface area (Å²) >= 11 is 0. The van der Waals surface area contributed by atoms with Gasteiger partial charge in [0.15, 0.2) is 0 Å². The first-order valence-electron chi connectivity index (χ1n) is 5.81. The second kappa shape index (κ2) is 5.71. The molecule has 3 N–H and O–H groups in total. The van der Waals surface area contributed by atoms with Gasteiger partial charge in [0, 0.05) is 12.4 Å². The minimum absolute atomic E-state index is 0.122. The first-order chi connectivity index (χ1) is 8.69. The molecule has 0 amide bonds. The first kappa shape index (κ1) is 12.7. The molecule has 0 aliphatic heterocycles. The molecule has 2 rings (SSSR count). The van der Waals surface area contributed by atoms with Crippen LogP contribution in [0, 0.1) is 12.7 Å². The number of aryl methyl sites for hydroxylation is 1. The topological polar surface area (TPSA) is 50.9 Å². The van der Waals surface area contributed by atoms with E-state index in [1.807, 2.05) is 25.1 Å². The third-order valence-corrected chi connectivity index (χ3v) is 2.83. The van der Waals surface area contributed by atoms with Crippen molar-refractivity contribution in [2.24, 2.45) is 5.84 Å². The maximum Gasteiger partial charge on any atom is 0.123 e. The molecule has 0 saturated heterocycles. The highest BCUT2D eigenvalue weighted by atomic mass is 19.1. The van der Waals surface area contributed by atoms with Crippen LogP contribution in [-0.2, 0) is 6.42 Å². The molecule has 0 aliphatic carbocycles. The van der Waals surface area contributed by atoms with Crippen molar-refractivity contribution in [3.05, 3.63) is 65.2 Å². The molecule has 1 unspecified atom stereocenters. The predicted octanol–water partition coefficient (Wildman–Crippen LogP) is 2.28. The number of rotatable bonds is 4. The van der Waals surface area contributed by atoms with Gasteiger partial charge in [-0.05, 0) is 48.2 Å². The second-order valence-corrected chi connectivity index (χ2v) is 4.35. The van der Waals surface area contributed by atoms with Gasteiger partial charge in [0.2, 0.25) is 0 Å². The fraction of sp³-hybridized carbons (Fsp3) is 0.214. The summed E-state index contributed by atoms with van der Waals surface area (Å²) in [5.41, 5.74) is 5.52. The highest BCUT2D eigenvalue weighted by molar-refractivity contribution is 5.27. The van der Waals surface area contributed by atoms with Crippen LogP contribution in [0.15, 0.2) is 42.7 Å². The highest BCUT2D eigenvalue weighted by Gasteiger charge is 2.12. The first-order valence-corrected chi connectivity index (χ1v) is 5.81. The van der Waals surface area contributed by atoms with Gasteiger partial charge >= 0.3 is 0 Å². The van der Waals surface area contributed by atoms with Gasteiger partial charge in [0.05, 0.1) is 6.04 Å². The van der Waals surface area contributed by atoms with Crippen LogP contribution in [0.2, 0.25) is 0 Å². The predicted molar refractivity (Wildman–Crippen MR) is 69.1 cm³/mol. The van der Waals surface area contributed by atoms with Crippen molar-refractivity contribution >= 4 is 0 Å². The van der Waals surface area contributed by atoms with Gasteiger partial charge in [-0.3, -0.25) is 16.3 Å². The Hall–Kier alpha value is -1.78. The van der Waals surface area contributed by atoms with Crippen molar-refractivity contribution < 1.29 is 4.39 Å². The fourth-order valence-electron chi connectivity index (χ4n) is 1.99. The molecule has 4 heteroatoms. The summed E-state index contributed by atoms with van der Waals surface area (Å²) in [6, 6.07) is 8.67. The Bertz CT molecular complexity index is 493. The van der Waals surface area contributed by atoms with Crippen molar-refractivity contribution in [3.63, 3.8) is 0 Å². The molecule has 1 aromatic heterocycles. The van der Waals surface area contributed by atoms with E-state index in [4.69, 9.17) is 5.84 Å². The standard InChI is InChI=1S/C14H16FN3/c1-10-5-12(8-13(15)6-10)14(18-16)7-11-3-2-4-17-9-11/h2-6,8-9,14,18H,7,16H2,1H3. The minimum atomic E-state index is -0.239. The van der Waals surface area contributed by atoms with E-state index in [0.29, 0.717) is 6.42 Å². The van der Waals surface area contributed by atoms with Crippen LogP contribution in [-0.4, -0.2) is 4.98 Å². The molecule has 0 radical (unpaired) electrons. The van der Waals surface area contributed by atoms with Crippen LogP contribution in [0.25, 0.3) is 0 Å². The van der Waals surface area contributed by atoms with Crippen molar-refractivity contribution in [1.82, 2.24) is 10.4 Å². The summed E-state index contributed by atoms with van der Waals surface area (Å²) in [6.45, 7) is 1.87. The molecular formula is C14H16FN3. The number of nitrogens with one attached hydrogen (secondary N) is 1. The molecule has 0 spiro atoms. The third kappa shape index (κ3) is 3.12. The number of pyridine rings is 1. The molecule has 0 aliphatic rings. The number of hydrogen-bond donors (Lipinski definition) is 2. The van der Waals surface area contributed by atoms with Crippen LogP contribution >= 0.6 is 0 Å². The number of hydrazine groups is 1. The van der Waals surface area contributed by atoms with Crippen molar-refractivity contribution in [2.75, 3.05) is 0 Å². The van der Waals surface area contributed by atoms with Gasteiger partial charge in [-0.1, -0.05) is 12.1 Å². The van der Waals surface area contributed by atoms with Crippen LogP contribution in [0.3, 0.4) is 0 Å². The van der Waals surface area contributed by atoms with Gasteiger partial charge in [0.1, 0.15) is 5.82 Å². The average molecular weight is 245 g/mol. The molecule has 18 heavy (non-hydrogen) atoms. The molecule has 0 fully saturated rings. The lowest BCUT2D eigenvalue weighted by molar-refractivity contribution is 0.543. The summed E-state index contributed by atoms with van der Waals surface area (Å²) in [6.07, 6.45) is 4.18. The molecule has 0 bridgehead atoms. The van der Waals surface area contributed by atoms with Gasteiger partial charge in [-0.2, -0.15) is 0 Å². The Morgan fingerprint density at radius 1 is 1.39 bits per heavy atom. The Labute approximate surface area is 106 Å². The normalized spacial score (nSPS) is 12.4. The molecule has 2 aromatic rings. The summed E-state index contributed by atoms with van der Waals surface area (Å²) in [5, 5.41) is 0. The number of benzene rings is 1. The van der Waals surface area contributed by atoms with E-state index in [-0.39, 0.29) is 11.9 Å². The van der Waals surface area contributed by atoms with E-state index in [1.165, 1.54) is 12.1 Å². The summed E-state index contributed by atoms with van der Waals surface area (Å²) in [4.78, 5) is 4.06. The van der Waals surface area contributed by atoms with Gasteiger partial charge in [0.25, 0.3) is 0 Å². The molecule has 1 atom stereocenters. The monoisotopic (exact) mass is 245 g/mol. The maximum absolute atomic E-state index is 13.4. The van der Waals surface area contributed by atoms with E-state index in [2.05, 4.69) is 10.4 Å². The molecule has 3 nitrogen and oxygen atoms in total. The number of nitrogens with two attached hydrogens (primary N) is 1. The summed E-state index contributed by atoms with van der Waals surface area (Å²) in [5.74, 6) is 5.32. The van der Waals surface area contributed by atoms with E-state index in [0.717, 1.165) is 16.7 Å². The lowest BCUT2D eigenvalue weighted by atomic mass is 9.99. The van der Waals surface area contributed by atoms with Gasteiger partial charge < -0.3 is 0 Å². The Kier molecular flexibility index (Phi) is 4.02. The van der Waals surface area contributed by atoms with E-state index in [9.17, 15) is 4.39 Å². The quantitative estimate of drug-likeness (QED) is 0.642. The Morgan fingerprint density at radius 3 is 2.83 bits per heavy atom. The lowest BCUT2D eigenvalue weighted by Crippen LogP contribution is -2.29. The Morgan fingerprint density at radius 2 is 2.22 bits per heavy atom. The van der Waals surface area contributed by atoms with Crippen molar-refractivity contribution in [3.8, 4) is 0 Å². The van der Waals surface area contributed by atoms with Gasteiger partial charge in [-0.25, -0.2) is 4.39 Å². The Balaban J connectivity index is 2.23. The zero-order valence-electron chi connectivity index (χ0n) is 10.2. The molecule has 94 valence electrons. The molecule has 1 aromatic carbocycles. The second-order valence-electron chi connectivity index (χ2n) is 4.35. The number of hydrogen-bond acceptors (Lipinski definition) is 3.